The molecular formula is C17H20N2O3. The quantitative estimate of drug-likeness (QED) is 0.843. The number of fused-ring (bicyclic) bond motifs is 1. The number of ether oxygens (including phenoxy) is 1. The van der Waals surface area contributed by atoms with E-state index in [-0.39, 0.29) is 30.4 Å². The Kier molecular flexibility index (Phi) is 4.13. The zero-order valence-corrected chi connectivity index (χ0v) is 12.6. The molecule has 1 aromatic carbocycles. The van der Waals surface area contributed by atoms with Crippen molar-refractivity contribution in [2.45, 2.75) is 32.2 Å². The summed E-state index contributed by atoms with van der Waals surface area (Å²) >= 11 is 0. The van der Waals surface area contributed by atoms with Crippen molar-refractivity contribution in [2.24, 2.45) is 5.92 Å². The molecular weight excluding hydrogens is 280 g/mol. The van der Waals surface area contributed by atoms with E-state index < -0.39 is 0 Å². The Bertz CT molecular complexity index is 624. The minimum Gasteiger partial charge on any atom is -0.482 e. The van der Waals surface area contributed by atoms with Crippen LogP contribution < -0.4 is 15.4 Å². The van der Waals surface area contributed by atoms with Crippen LogP contribution in [0.4, 0.5) is 5.69 Å². The monoisotopic (exact) mass is 300 g/mol. The Hall–Kier alpha value is -2.30. The van der Waals surface area contributed by atoms with Gasteiger partial charge in [-0.15, -0.1) is 0 Å². The van der Waals surface area contributed by atoms with Crippen molar-refractivity contribution in [1.82, 2.24) is 5.32 Å². The number of amides is 2. The lowest BCUT2D eigenvalue weighted by Crippen LogP contribution is -2.33. The van der Waals surface area contributed by atoms with Gasteiger partial charge in [0.15, 0.2) is 6.61 Å². The Labute approximate surface area is 129 Å². The molecule has 22 heavy (non-hydrogen) atoms. The third-order valence-electron chi connectivity index (χ3n) is 4.14. The van der Waals surface area contributed by atoms with Crippen molar-refractivity contribution in [3.05, 3.63) is 35.9 Å². The van der Waals surface area contributed by atoms with Crippen molar-refractivity contribution < 1.29 is 14.3 Å². The zero-order valence-electron chi connectivity index (χ0n) is 12.6. The fraction of sp³-hybridized carbons (Fsp3) is 0.412. The Morgan fingerprint density at radius 1 is 1.41 bits per heavy atom. The molecule has 2 N–H and O–H groups in total. The molecule has 5 nitrogen and oxygen atoms in total. The minimum absolute atomic E-state index is 0.0494. The van der Waals surface area contributed by atoms with Gasteiger partial charge < -0.3 is 15.4 Å². The second kappa shape index (κ2) is 6.22. The summed E-state index contributed by atoms with van der Waals surface area (Å²) in [6.07, 6.45) is 6.88. The van der Waals surface area contributed by atoms with Crippen molar-refractivity contribution in [1.29, 1.82) is 0 Å². The largest absolute Gasteiger partial charge is 0.482 e. The summed E-state index contributed by atoms with van der Waals surface area (Å²) in [4.78, 5) is 23.7. The third kappa shape index (κ3) is 3.13. The van der Waals surface area contributed by atoms with Gasteiger partial charge in [0.05, 0.1) is 11.7 Å². The molecule has 0 radical (unpaired) electrons. The second-order valence-electron chi connectivity index (χ2n) is 5.80. The number of allylic oxidation sites excluding steroid dienone is 2. The van der Waals surface area contributed by atoms with E-state index in [4.69, 9.17) is 4.74 Å². The molecule has 2 amide bonds. The number of hydrogen-bond acceptors (Lipinski definition) is 3. The van der Waals surface area contributed by atoms with Crippen LogP contribution in [-0.2, 0) is 9.59 Å². The van der Waals surface area contributed by atoms with Crippen LogP contribution in [0.1, 0.15) is 37.8 Å². The van der Waals surface area contributed by atoms with E-state index in [0.29, 0.717) is 11.4 Å². The summed E-state index contributed by atoms with van der Waals surface area (Å²) in [6.45, 7) is 2.00. The van der Waals surface area contributed by atoms with Crippen molar-refractivity contribution in [2.75, 3.05) is 11.9 Å². The summed E-state index contributed by atoms with van der Waals surface area (Å²) in [5.41, 5.74) is 1.61. The Morgan fingerprint density at radius 2 is 2.27 bits per heavy atom. The lowest BCUT2D eigenvalue weighted by Gasteiger charge is -2.23. The average Bonchev–Trinajstić information content (AvgIpc) is 2.54. The van der Waals surface area contributed by atoms with Gasteiger partial charge in [0.2, 0.25) is 5.91 Å². The lowest BCUT2D eigenvalue weighted by atomic mass is 9.93. The standard InChI is InChI=1S/C17H20N2O3/c1-11(18-17(21)12-5-3-2-4-6-12)13-7-8-15-14(9-13)19-16(20)10-22-15/h2-3,7-9,11-12H,4-6,10H2,1H3,(H,18,21)(H,19,20)/t11-,12-/m1/s1. The Balaban J connectivity index is 1.68. The van der Waals surface area contributed by atoms with Gasteiger partial charge in [-0.3, -0.25) is 9.59 Å². The van der Waals surface area contributed by atoms with Gasteiger partial charge in [0, 0.05) is 5.92 Å². The molecule has 0 bridgehead atoms. The first kappa shape index (κ1) is 14.6. The molecule has 3 rings (SSSR count). The van der Waals surface area contributed by atoms with Crippen LogP contribution in [-0.4, -0.2) is 18.4 Å². The predicted octanol–water partition coefficient (Wildman–Crippen LogP) is 2.55. The maximum atomic E-state index is 12.3. The number of hydrogen-bond donors (Lipinski definition) is 2. The highest BCUT2D eigenvalue weighted by atomic mass is 16.5. The van der Waals surface area contributed by atoms with Gasteiger partial charge in [-0.2, -0.15) is 0 Å². The average molecular weight is 300 g/mol. The van der Waals surface area contributed by atoms with Crippen LogP contribution in [0.3, 0.4) is 0 Å². The van der Waals surface area contributed by atoms with E-state index in [1.54, 1.807) is 0 Å². The molecule has 5 heteroatoms. The normalized spacial score (nSPS) is 21.3. The molecule has 1 heterocycles. The number of benzene rings is 1. The SMILES string of the molecule is C[C@@H](NC(=O)[C@@H]1CC=CCC1)c1ccc2c(c1)NC(=O)CO2. The summed E-state index contributed by atoms with van der Waals surface area (Å²) in [5.74, 6) is 0.664. The van der Waals surface area contributed by atoms with Crippen LogP contribution >= 0.6 is 0 Å². The van der Waals surface area contributed by atoms with Crippen molar-refractivity contribution in [3.63, 3.8) is 0 Å². The smallest absolute Gasteiger partial charge is 0.262 e. The van der Waals surface area contributed by atoms with Gasteiger partial charge in [-0.1, -0.05) is 18.2 Å². The maximum Gasteiger partial charge on any atom is 0.262 e. The number of carbonyl (C=O) groups is 2. The summed E-state index contributed by atoms with van der Waals surface area (Å²) < 4.78 is 5.34. The van der Waals surface area contributed by atoms with Crippen molar-refractivity contribution >= 4 is 17.5 Å². The van der Waals surface area contributed by atoms with Crippen molar-refractivity contribution in [3.8, 4) is 5.75 Å². The van der Waals surface area contributed by atoms with Gasteiger partial charge in [-0.05, 0) is 43.9 Å². The first-order chi connectivity index (χ1) is 10.6. The topological polar surface area (TPSA) is 67.4 Å². The molecule has 0 spiro atoms. The van der Waals surface area contributed by atoms with E-state index >= 15 is 0 Å². The van der Waals surface area contributed by atoms with Crippen LogP contribution in [0.2, 0.25) is 0 Å². The highest BCUT2D eigenvalue weighted by Gasteiger charge is 2.22. The summed E-state index contributed by atoms with van der Waals surface area (Å²) in [5, 5.41) is 5.84. The molecule has 0 aromatic heterocycles. The Morgan fingerprint density at radius 3 is 3.05 bits per heavy atom. The van der Waals surface area contributed by atoms with Crippen LogP contribution in [0.25, 0.3) is 0 Å². The molecule has 116 valence electrons. The molecule has 0 unspecified atom stereocenters. The highest BCUT2D eigenvalue weighted by molar-refractivity contribution is 5.95. The molecule has 0 fully saturated rings. The fourth-order valence-corrected chi connectivity index (χ4v) is 2.82. The summed E-state index contributed by atoms with van der Waals surface area (Å²) in [6, 6.07) is 5.50. The second-order valence-corrected chi connectivity index (χ2v) is 5.80. The van der Waals surface area contributed by atoms with Crippen LogP contribution in [0, 0.1) is 5.92 Å². The van der Waals surface area contributed by atoms with Gasteiger partial charge in [0.1, 0.15) is 5.75 Å². The highest BCUT2D eigenvalue weighted by Crippen LogP contribution is 2.30. The van der Waals surface area contributed by atoms with Gasteiger partial charge in [-0.25, -0.2) is 0 Å². The first-order valence-electron chi connectivity index (χ1n) is 7.65. The molecule has 1 aliphatic heterocycles. The van der Waals surface area contributed by atoms with E-state index in [0.717, 1.165) is 24.8 Å². The zero-order chi connectivity index (χ0) is 15.5. The molecule has 2 atom stereocenters. The minimum atomic E-state index is -0.157. The number of nitrogens with one attached hydrogen (secondary N) is 2. The number of rotatable bonds is 3. The molecule has 1 aliphatic carbocycles. The van der Waals surface area contributed by atoms with E-state index in [1.165, 1.54) is 0 Å². The molecule has 0 saturated carbocycles. The number of anilines is 1. The molecule has 2 aliphatic rings. The van der Waals surface area contributed by atoms with E-state index in [9.17, 15) is 9.59 Å². The van der Waals surface area contributed by atoms with E-state index in [2.05, 4.69) is 22.8 Å². The molecule has 0 saturated heterocycles. The summed E-state index contributed by atoms with van der Waals surface area (Å²) in [7, 11) is 0. The number of carbonyl (C=O) groups excluding carboxylic acids is 2. The van der Waals surface area contributed by atoms with Gasteiger partial charge in [0.25, 0.3) is 5.91 Å². The van der Waals surface area contributed by atoms with Crippen LogP contribution in [0.5, 0.6) is 5.75 Å². The fourth-order valence-electron chi connectivity index (χ4n) is 2.82. The first-order valence-corrected chi connectivity index (χ1v) is 7.65. The maximum absolute atomic E-state index is 12.3. The molecule has 1 aromatic rings. The lowest BCUT2D eigenvalue weighted by molar-refractivity contribution is -0.126. The van der Waals surface area contributed by atoms with E-state index in [1.807, 2.05) is 25.1 Å². The predicted molar refractivity (Wildman–Crippen MR) is 83.6 cm³/mol. The van der Waals surface area contributed by atoms with Crippen LogP contribution in [0.15, 0.2) is 30.4 Å². The van der Waals surface area contributed by atoms with Gasteiger partial charge >= 0.3 is 0 Å². The third-order valence-corrected chi connectivity index (χ3v) is 4.14.